The molecule has 3 rings (SSSR count). The van der Waals surface area contributed by atoms with Crippen molar-refractivity contribution in [2.75, 3.05) is 27.1 Å². The maximum absolute atomic E-state index is 12.7. The number of benzene rings is 3. The van der Waals surface area contributed by atoms with Crippen molar-refractivity contribution in [3.63, 3.8) is 0 Å². The average Bonchev–Trinajstić information content (AvgIpc) is 2.76. The van der Waals surface area contributed by atoms with E-state index in [1.165, 1.54) is 54.6 Å². The van der Waals surface area contributed by atoms with Crippen LogP contribution in [0.4, 0.5) is 17.1 Å². The largest absolute Gasteiger partial charge is 0.325 e. The molecule has 0 atom stereocenters. The molecule has 8 nitrogen and oxygen atoms in total. The Hall–Kier alpha value is -1.92. The van der Waals surface area contributed by atoms with Crippen LogP contribution in [0.2, 0.25) is 25.1 Å². The van der Waals surface area contributed by atoms with E-state index in [2.05, 4.69) is 10.0 Å². The van der Waals surface area contributed by atoms with Crippen molar-refractivity contribution in [1.82, 2.24) is 0 Å². The van der Waals surface area contributed by atoms with Crippen LogP contribution in [0.25, 0.3) is 0 Å². The second kappa shape index (κ2) is 11.2. The summed E-state index contributed by atoms with van der Waals surface area (Å²) in [7, 11) is -7.94. The SMILES string of the molecule is CS(=O)(=O)N(CC(=O)Nc1ccc(S(=O)(=O)Nc2ccc(Cl)cc2Cl)cc1)c1cc(Cl)c(Cl)cc1Cl. The number of anilines is 3. The highest BCUT2D eigenvalue weighted by molar-refractivity contribution is 7.92. The van der Waals surface area contributed by atoms with E-state index < -0.39 is 32.5 Å². The van der Waals surface area contributed by atoms with Gasteiger partial charge in [0.05, 0.1) is 42.6 Å². The van der Waals surface area contributed by atoms with Crippen LogP contribution in [0.15, 0.2) is 59.5 Å². The highest BCUT2D eigenvalue weighted by Crippen LogP contribution is 2.35. The first-order valence-electron chi connectivity index (χ1n) is 9.67. The number of carbonyl (C=O) groups is 1. The van der Waals surface area contributed by atoms with Crippen molar-refractivity contribution in [3.8, 4) is 0 Å². The van der Waals surface area contributed by atoms with Gasteiger partial charge in [0, 0.05) is 10.7 Å². The van der Waals surface area contributed by atoms with Gasteiger partial charge in [0.1, 0.15) is 6.54 Å². The third-order valence-corrected chi connectivity index (χ3v) is 8.65. The van der Waals surface area contributed by atoms with E-state index in [9.17, 15) is 21.6 Å². The molecular weight excluding hydrogens is 616 g/mol. The summed E-state index contributed by atoms with van der Waals surface area (Å²) in [6, 6.07) is 12.0. The minimum absolute atomic E-state index is 0.0227. The summed E-state index contributed by atoms with van der Waals surface area (Å²) in [4.78, 5) is 12.5. The number of hydrogen-bond acceptors (Lipinski definition) is 5. The summed E-state index contributed by atoms with van der Waals surface area (Å²) in [5, 5.41) is 3.11. The lowest BCUT2D eigenvalue weighted by atomic mass is 10.3. The molecule has 0 aliphatic rings. The van der Waals surface area contributed by atoms with Gasteiger partial charge in [-0.3, -0.25) is 13.8 Å². The minimum atomic E-state index is -4.00. The van der Waals surface area contributed by atoms with Gasteiger partial charge in [-0.2, -0.15) is 0 Å². The summed E-state index contributed by atoms with van der Waals surface area (Å²) < 4.78 is 53.1. The fourth-order valence-electron chi connectivity index (χ4n) is 2.91. The third kappa shape index (κ3) is 7.10. The van der Waals surface area contributed by atoms with Crippen LogP contribution in [-0.4, -0.2) is 35.5 Å². The van der Waals surface area contributed by atoms with Gasteiger partial charge in [0.15, 0.2) is 0 Å². The van der Waals surface area contributed by atoms with Crippen LogP contribution in [0.5, 0.6) is 0 Å². The van der Waals surface area contributed by atoms with Crippen molar-refractivity contribution in [2.45, 2.75) is 4.90 Å². The van der Waals surface area contributed by atoms with Gasteiger partial charge < -0.3 is 5.32 Å². The molecule has 0 saturated carbocycles. The van der Waals surface area contributed by atoms with Gasteiger partial charge >= 0.3 is 0 Å². The molecule has 192 valence electrons. The normalized spacial score (nSPS) is 11.7. The lowest BCUT2D eigenvalue weighted by Crippen LogP contribution is -2.37. The van der Waals surface area contributed by atoms with Gasteiger partial charge in [-0.25, -0.2) is 16.8 Å². The molecule has 3 aromatic rings. The van der Waals surface area contributed by atoms with E-state index in [1.54, 1.807) is 0 Å². The van der Waals surface area contributed by atoms with Crippen LogP contribution < -0.4 is 14.3 Å². The van der Waals surface area contributed by atoms with E-state index in [0.717, 1.165) is 10.6 Å². The highest BCUT2D eigenvalue weighted by Gasteiger charge is 2.24. The molecule has 0 unspecified atom stereocenters. The maximum Gasteiger partial charge on any atom is 0.261 e. The Morgan fingerprint density at radius 2 is 1.42 bits per heavy atom. The Morgan fingerprint density at radius 1 is 0.806 bits per heavy atom. The van der Waals surface area contributed by atoms with Crippen LogP contribution in [0.1, 0.15) is 0 Å². The summed E-state index contributed by atoms with van der Waals surface area (Å²) in [6.45, 7) is -0.632. The molecule has 0 saturated heterocycles. The number of sulfonamides is 2. The number of hydrogen-bond donors (Lipinski definition) is 2. The number of nitrogens with zero attached hydrogens (tertiary/aromatic N) is 1. The van der Waals surface area contributed by atoms with Gasteiger partial charge in [-0.1, -0.05) is 58.0 Å². The van der Waals surface area contributed by atoms with Crippen molar-refractivity contribution in [2.24, 2.45) is 0 Å². The lowest BCUT2D eigenvalue weighted by molar-refractivity contribution is -0.114. The second-order valence-corrected chi connectivity index (χ2v) is 12.9. The summed E-state index contributed by atoms with van der Waals surface area (Å²) in [5.41, 5.74) is 0.328. The molecule has 0 bridgehead atoms. The van der Waals surface area contributed by atoms with Crippen molar-refractivity contribution < 1.29 is 21.6 Å². The molecule has 0 radical (unpaired) electrons. The van der Waals surface area contributed by atoms with E-state index in [-0.39, 0.29) is 42.0 Å². The van der Waals surface area contributed by atoms with Crippen LogP contribution >= 0.6 is 58.0 Å². The number of halogens is 5. The average molecular weight is 632 g/mol. The van der Waals surface area contributed by atoms with Crippen molar-refractivity contribution in [3.05, 3.63) is 79.7 Å². The van der Waals surface area contributed by atoms with Crippen molar-refractivity contribution in [1.29, 1.82) is 0 Å². The Labute approximate surface area is 233 Å². The minimum Gasteiger partial charge on any atom is -0.325 e. The lowest BCUT2D eigenvalue weighted by Gasteiger charge is -2.23. The topological polar surface area (TPSA) is 113 Å². The first-order valence-corrected chi connectivity index (χ1v) is 14.9. The van der Waals surface area contributed by atoms with Gasteiger partial charge in [0.25, 0.3) is 10.0 Å². The number of rotatable bonds is 8. The predicted octanol–water partition coefficient (Wildman–Crippen LogP) is 6.16. The van der Waals surface area contributed by atoms with Crippen molar-refractivity contribution >= 4 is 101 Å². The third-order valence-electron chi connectivity index (χ3n) is 4.57. The molecule has 0 heterocycles. The van der Waals surface area contributed by atoms with Crippen LogP contribution in [-0.2, 0) is 24.8 Å². The zero-order valence-electron chi connectivity index (χ0n) is 18.1. The summed E-state index contributed by atoms with van der Waals surface area (Å²) >= 11 is 29.9. The zero-order valence-corrected chi connectivity index (χ0v) is 23.5. The molecular formula is C21H16Cl5N3O5S2. The molecule has 0 aliphatic carbocycles. The summed E-state index contributed by atoms with van der Waals surface area (Å²) in [5.74, 6) is -0.718. The number of carbonyl (C=O) groups excluding carboxylic acids is 1. The fraction of sp³-hybridized carbons (Fsp3) is 0.0952. The molecule has 0 fully saturated rings. The van der Waals surface area contributed by atoms with Gasteiger partial charge in [-0.15, -0.1) is 0 Å². The number of nitrogens with one attached hydrogen (secondary N) is 2. The van der Waals surface area contributed by atoms with Gasteiger partial charge in [-0.05, 0) is 54.6 Å². The molecule has 0 aliphatic heterocycles. The Balaban J connectivity index is 1.76. The van der Waals surface area contributed by atoms with Gasteiger partial charge in [0.2, 0.25) is 15.9 Å². The molecule has 0 aromatic heterocycles. The first-order chi connectivity index (χ1) is 16.7. The van der Waals surface area contributed by atoms with Crippen LogP contribution in [0.3, 0.4) is 0 Å². The Bertz CT molecular complexity index is 1530. The van der Waals surface area contributed by atoms with E-state index >= 15 is 0 Å². The van der Waals surface area contributed by atoms with Crippen LogP contribution in [0, 0.1) is 0 Å². The molecule has 1 amide bonds. The summed E-state index contributed by atoms with van der Waals surface area (Å²) in [6.07, 6.45) is 0.902. The second-order valence-electron chi connectivity index (χ2n) is 7.29. The van der Waals surface area contributed by atoms with E-state index in [0.29, 0.717) is 5.02 Å². The highest BCUT2D eigenvalue weighted by atomic mass is 35.5. The Kier molecular flexibility index (Phi) is 8.93. The molecule has 15 heteroatoms. The molecule has 36 heavy (non-hydrogen) atoms. The predicted molar refractivity (Wildman–Crippen MR) is 146 cm³/mol. The fourth-order valence-corrected chi connectivity index (χ4v) is 6.05. The quantitative estimate of drug-likeness (QED) is 0.289. The first kappa shape index (κ1) is 28.6. The maximum atomic E-state index is 12.7. The van der Waals surface area contributed by atoms with E-state index in [4.69, 9.17) is 58.0 Å². The van der Waals surface area contributed by atoms with E-state index in [1.807, 2.05) is 0 Å². The number of amides is 1. The monoisotopic (exact) mass is 629 g/mol. The molecule has 0 spiro atoms. The standard InChI is InChI=1S/C21H16Cl5N3O5S2/c1-35(31,32)29(20-10-16(24)15(23)9-18(20)26)11-21(30)27-13-3-5-14(6-4-13)36(33,34)28-19-7-2-12(22)8-17(19)25/h2-10,28H,11H2,1H3,(H,27,30). The molecule has 2 N–H and O–H groups in total. The zero-order chi connectivity index (χ0) is 26.8. The smallest absolute Gasteiger partial charge is 0.261 e. The Morgan fingerprint density at radius 3 is 2.00 bits per heavy atom. The molecule has 3 aromatic carbocycles.